The molecule has 1 rings (SSSR count). The van der Waals surface area contributed by atoms with Crippen LogP contribution in [0.3, 0.4) is 0 Å². The second-order valence-electron chi connectivity index (χ2n) is 4.66. The van der Waals surface area contributed by atoms with Gasteiger partial charge in [-0.3, -0.25) is 0 Å². The molecule has 1 aromatic carbocycles. The average molecular weight is 276 g/mol. The van der Waals surface area contributed by atoms with Crippen LogP contribution in [0, 0.1) is 5.82 Å². The van der Waals surface area contributed by atoms with E-state index in [4.69, 9.17) is 4.74 Å². The average Bonchev–Trinajstić information content (AvgIpc) is 2.26. The predicted octanol–water partition coefficient (Wildman–Crippen LogP) is 1.69. The summed E-state index contributed by atoms with van der Waals surface area (Å²) in [6.45, 7) is 2.77. The maximum atomic E-state index is 13.2. The molecule has 1 N–H and O–H groups in total. The van der Waals surface area contributed by atoms with E-state index in [-0.39, 0.29) is 11.3 Å². The molecule has 0 amide bonds. The van der Waals surface area contributed by atoms with Gasteiger partial charge in [-0.05, 0) is 32.0 Å². The van der Waals surface area contributed by atoms with Crippen LogP contribution in [0.1, 0.15) is 25.5 Å². The van der Waals surface area contributed by atoms with Gasteiger partial charge >= 0.3 is 0 Å². The Morgan fingerprint density at radius 3 is 2.39 bits per heavy atom. The first-order valence-electron chi connectivity index (χ1n) is 5.32. The van der Waals surface area contributed by atoms with Crippen LogP contribution in [0.15, 0.2) is 18.2 Å². The molecule has 0 radical (unpaired) electrons. The lowest BCUT2D eigenvalue weighted by Crippen LogP contribution is -2.38. The molecule has 18 heavy (non-hydrogen) atoms. The Balaban J connectivity index is 3.35. The van der Waals surface area contributed by atoms with Crippen LogP contribution in [-0.4, -0.2) is 31.6 Å². The molecule has 4 nitrogen and oxygen atoms in total. The number of aliphatic hydroxyl groups is 1. The van der Waals surface area contributed by atoms with E-state index in [9.17, 15) is 17.9 Å². The summed E-state index contributed by atoms with van der Waals surface area (Å²) in [6.07, 6.45) is -0.347. The molecule has 1 atom stereocenters. The third-order valence-corrected chi connectivity index (χ3v) is 5.24. The van der Waals surface area contributed by atoms with E-state index in [2.05, 4.69) is 0 Å². The van der Waals surface area contributed by atoms with Gasteiger partial charge in [0.05, 0.1) is 11.9 Å². The lowest BCUT2D eigenvalue weighted by molar-refractivity contribution is 0.135. The first-order valence-corrected chi connectivity index (χ1v) is 7.21. The maximum Gasteiger partial charge on any atom is 0.155 e. The molecule has 0 aliphatic heterocycles. The summed E-state index contributed by atoms with van der Waals surface area (Å²) in [5.74, 6) is -0.310. The molecule has 0 heterocycles. The van der Waals surface area contributed by atoms with E-state index in [1.54, 1.807) is 0 Å². The molecular formula is C12H17FO4S. The minimum atomic E-state index is -3.52. The van der Waals surface area contributed by atoms with Crippen LogP contribution in [-0.2, 0) is 9.84 Å². The van der Waals surface area contributed by atoms with E-state index in [0.29, 0.717) is 0 Å². The zero-order chi connectivity index (χ0) is 14.1. The molecule has 0 aliphatic rings. The molecule has 0 spiro atoms. The molecule has 102 valence electrons. The summed E-state index contributed by atoms with van der Waals surface area (Å²) in [6, 6.07) is 3.62. The van der Waals surface area contributed by atoms with Crippen molar-refractivity contribution in [1.82, 2.24) is 0 Å². The third kappa shape index (κ3) is 2.64. The molecule has 0 saturated carbocycles. The summed E-state index contributed by atoms with van der Waals surface area (Å²) < 4.78 is 40.1. The first-order chi connectivity index (χ1) is 8.11. The van der Waals surface area contributed by atoms with Crippen LogP contribution in [0.4, 0.5) is 4.39 Å². The number of sulfone groups is 1. The van der Waals surface area contributed by atoms with Gasteiger partial charge in [0.25, 0.3) is 0 Å². The van der Waals surface area contributed by atoms with Gasteiger partial charge in [-0.1, -0.05) is 0 Å². The number of rotatable bonds is 4. The lowest BCUT2D eigenvalue weighted by atomic mass is 9.97. The minimum Gasteiger partial charge on any atom is -0.496 e. The lowest BCUT2D eigenvalue weighted by Gasteiger charge is -2.29. The Morgan fingerprint density at radius 1 is 1.39 bits per heavy atom. The summed E-state index contributed by atoms with van der Waals surface area (Å²) in [4.78, 5) is 0. The fraction of sp³-hybridized carbons (Fsp3) is 0.500. The second-order valence-corrected chi connectivity index (χ2v) is 7.26. The number of benzene rings is 1. The zero-order valence-corrected chi connectivity index (χ0v) is 11.6. The summed E-state index contributed by atoms with van der Waals surface area (Å²) >= 11 is 0. The van der Waals surface area contributed by atoms with E-state index in [0.717, 1.165) is 12.3 Å². The van der Waals surface area contributed by atoms with Crippen molar-refractivity contribution < 1.29 is 22.7 Å². The number of halogens is 1. The smallest absolute Gasteiger partial charge is 0.155 e. The highest BCUT2D eigenvalue weighted by Crippen LogP contribution is 2.36. The fourth-order valence-electron chi connectivity index (χ4n) is 1.50. The Morgan fingerprint density at radius 2 is 1.94 bits per heavy atom. The van der Waals surface area contributed by atoms with Crippen molar-refractivity contribution in [2.24, 2.45) is 0 Å². The van der Waals surface area contributed by atoms with Crippen LogP contribution in [0.5, 0.6) is 5.75 Å². The molecule has 0 saturated heterocycles. The standard InChI is InChI=1S/C12H17FO4S/c1-12(2,18(4,15)16)11(14)9-7-8(13)5-6-10(9)17-3/h5-7,11,14H,1-4H3. The summed E-state index contributed by atoms with van der Waals surface area (Å²) in [7, 11) is -2.14. The quantitative estimate of drug-likeness (QED) is 0.909. The molecular weight excluding hydrogens is 259 g/mol. The summed E-state index contributed by atoms with van der Waals surface area (Å²) in [5.41, 5.74) is 0.118. The van der Waals surface area contributed by atoms with Gasteiger partial charge in [0.15, 0.2) is 9.84 Å². The van der Waals surface area contributed by atoms with Crippen molar-refractivity contribution in [3.63, 3.8) is 0 Å². The van der Waals surface area contributed by atoms with Gasteiger partial charge in [0.1, 0.15) is 17.7 Å². The molecule has 0 aromatic heterocycles. The van der Waals surface area contributed by atoms with Crippen molar-refractivity contribution in [1.29, 1.82) is 0 Å². The number of hydrogen-bond acceptors (Lipinski definition) is 4. The Bertz CT molecular complexity index is 537. The van der Waals surface area contributed by atoms with E-state index in [1.807, 2.05) is 0 Å². The number of ether oxygens (including phenoxy) is 1. The van der Waals surface area contributed by atoms with Crippen LogP contribution in [0.25, 0.3) is 0 Å². The van der Waals surface area contributed by atoms with Gasteiger partial charge in [-0.25, -0.2) is 12.8 Å². The van der Waals surface area contributed by atoms with Crippen LogP contribution >= 0.6 is 0 Å². The van der Waals surface area contributed by atoms with Crippen molar-refractivity contribution in [2.75, 3.05) is 13.4 Å². The molecule has 0 bridgehead atoms. The molecule has 1 aromatic rings. The molecule has 1 unspecified atom stereocenters. The van der Waals surface area contributed by atoms with Crippen molar-refractivity contribution >= 4 is 9.84 Å². The van der Waals surface area contributed by atoms with Gasteiger partial charge in [-0.2, -0.15) is 0 Å². The highest BCUT2D eigenvalue weighted by molar-refractivity contribution is 7.92. The molecule has 0 fully saturated rings. The van der Waals surface area contributed by atoms with Crippen LogP contribution < -0.4 is 4.74 Å². The Labute approximate surface area is 106 Å². The van der Waals surface area contributed by atoms with Gasteiger partial charge in [0, 0.05) is 11.8 Å². The largest absolute Gasteiger partial charge is 0.496 e. The predicted molar refractivity (Wildman–Crippen MR) is 66.8 cm³/mol. The fourth-order valence-corrected chi connectivity index (χ4v) is 2.03. The van der Waals surface area contributed by atoms with Gasteiger partial charge in [0.2, 0.25) is 0 Å². The van der Waals surface area contributed by atoms with Crippen molar-refractivity contribution in [2.45, 2.75) is 24.7 Å². The maximum absolute atomic E-state index is 13.2. The molecule has 0 aliphatic carbocycles. The van der Waals surface area contributed by atoms with Crippen molar-refractivity contribution in [3.8, 4) is 5.75 Å². The normalized spacial score (nSPS) is 14.3. The monoisotopic (exact) mass is 276 g/mol. The SMILES string of the molecule is COc1ccc(F)cc1C(O)C(C)(C)S(C)(=O)=O. The Hall–Kier alpha value is -1.14. The van der Waals surface area contributed by atoms with E-state index < -0.39 is 26.5 Å². The molecule has 6 heteroatoms. The highest BCUT2D eigenvalue weighted by Gasteiger charge is 2.40. The number of hydrogen-bond donors (Lipinski definition) is 1. The Kier molecular flexibility index (Phi) is 4.02. The van der Waals surface area contributed by atoms with E-state index in [1.165, 1.54) is 33.1 Å². The van der Waals surface area contributed by atoms with E-state index >= 15 is 0 Å². The second kappa shape index (κ2) is 4.85. The first kappa shape index (κ1) is 14.9. The summed E-state index contributed by atoms with van der Waals surface area (Å²) in [5, 5.41) is 10.2. The van der Waals surface area contributed by atoms with Gasteiger partial charge < -0.3 is 9.84 Å². The minimum absolute atomic E-state index is 0.118. The van der Waals surface area contributed by atoms with Crippen molar-refractivity contribution in [3.05, 3.63) is 29.6 Å². The highest BCUT2D eigenvalue weighted by atomic mass is 32.2. The zero-order valence-electron chi connectivity index (χ0n) is 10.8. The van der Waals surface area contributed by atoms with Crippen LogP contribution in [0.2, 0.25) is 0 Å². The topological polar surface area (TPSA) is 63.6 Å². The van der Waals surface area contributed by atoms with Gasteiger partial charge in [-0.15, -0.1) is 0 Å². The number of aliphatic hydroxyl groups excluding tert-OH is 1. The third-order valence-electron chi connectivity index (χ3n) is 3.10. The number of methoxy groups -OCH3 is 1.